The van der Waals surface area contributed by atoms with Gasteiger partial charge in [0.1, 0.15) is 16.4 Å². The summed E-state index contributed by atoms with van der Waals surface area (Å²) in [6.45, 7) is 9.88. The largest absolute Gasteiger partial charge is 0.444 e. The summed E-state index contributed by atoms with van der Waals surface area (Å²) in [7, 11) is 1.78. The lowest BCUT2D eigenvalue weighted by atomic mass is 9.80. The molecule has 35 heavy (non-hydrogen) atoms. The van der Waals surface area contributed by atoms with Crippen molar-refractivity contribution in [1.29, 1.82) is 0 Å². The Morgan fingerprint density at radius 3 is 2.63 bits per heavy atom. The molecule has 4 rings (SSSR count). The monoisotopic (exact) mass is 521 g/mol. The first kappa shape index (κ1) is 25.2. The van der Waals surface area contributed by atoms with Crippen LogP contribution in [0, 0.1) is 5.41 Å². The van der Waals surface area contributed by atoms with E-state index in [-0.39, 0.29) is 27.6 Å². The second kappa shape index (κ2) is 9.66. The van der Waals surface area contributed by atoms with Gasteiger partial charge in [0.25, 0.3) is 5.88 Å². The number of nitrogens with one attached hydrogen (secondary N) is 1. The summed E-state index contributed by atoms with van der Waals surface area (Å²) in [4.78, 5) is 27.5. The molecule has 1 saturated heterocycles. The van der Waals surface area contributed by atoms with Crippen LogP contribution in [0.2, 0.25) is 10.2 Å². The zero-order valence-corrected chi connectivity index (χ0v) is 21.9. The van der Waals surface area contributed by atoms with Crippen molar-refractivity contribution in [3.63, 3.8) is 0 Å². The molecule has 0 aromatic carbocycles. The number of carbonyl (C=O) groups excluding carboxylic acids is 1. The van der Waals surface area contributed by atoms with Crippen molar-refractivity contribution in [2.75, 3.05) is 24.5 Å². The minimum absolute atomic E-state index is 0.0243. The van der Waals surface area contributed by atoms with Gasteiger partial charge in [-0.25, -0.2) is 24.4 Å². The second-order valence-electron chi connectivity index (χ2n) is 10.00. The zero-order valence-electron chi connectivity index (χ0n) is 20.4. The number of alkyl carbamates (subject to hydrolysis) is 1. The summed E-state index contributed by atoms with van der Waals surface area (Å²) >= 11 is 12.2. The summed E-state index contributed by atoms with van der Waals surface area (Å²) in [5.74, 6) is 1.39. The van der Waals surface area contributed by atoms with Gasteiger partial charge in [-0.15, -0.1) is 5.10 Å². The van der Waals surface area contributed by atoms with Crippen LogP contribution in [-0.4, -0.2) is 56.1 Å². The lowest BCUT2D eigenvalue weighted by Crippen LogP contribution is -2.46. The first-order valence-electron chi connectivity index (χ1n) is 11.3. The highest BCUT2D eigenvalue weighted by Crippen LogP contribution is 2.36. The van der Waals surface area contributed by atoms with Crippen LogP contribution in [0.1, 0.15) is 40.5 Å². The highest BCUT2D eigenvalue weighted by Gasteiger charge is 2.32. The summed E-state index contributed by atoms with van der Waals surface area (Å²) in [5.41, 5.74) is 0.571. The van der Waals surface area contributed by atoms with E-state index >= 15 is 0 Å². The summed E-state index contributed by atoms with van der Waals surface area (Å²) in [6.07, 6.45) is 4.63. The topological polar surface area (TPSA) is 107 Å². The maximum atomic E-state index is 12.0. The normalized spacial score (nSPS) is 15.8. The Labute approximate surface area is 213 Å². The number of fused-ring (bicyclic) bond motifs is 1. The van der Waals surface area contributed by atoms with E-state index in [1.165, 1.54) is 6.20 Å². The average molecular weight is 522 g/mol. The summed E-state index contributed by atoms with van der Waals surface area (Å²) in [5, 5.41) is 7.67. The standard InChI is InChI=1S/C23H29Cl2N7O3/c1-22(2,3)35-21(33)28-13-23(4)7-10-32(11-8-23)15-12-27-17-19(29-15)31(5)30-20(17)34-14-6-9-26-18(25)16(14)24/h6,9,12H,7-8,10-11,13H2,1-5H3,(H,28,33). The van der Waals surface area contributed by atoms with Gasteiger partial charge in [0.05, 0.1) is 6.20 Å². The molecule has 0 aliphatic carbocycles. The van der Waals surface area contributed by atoms with Crippen LogP contribution < -0.4 is 15.0 Å². The molecule has 1 aliphatic heterocycles. The molecule has 1 amide bonds. The Morgan fingerprint density at radius 2 is 1.94 bits per heavy atom. The Kier molecular flexibility index (Phi) is 6.97. The number of rotatable bonds is 5. The number of piperidine rings is 1. The van der Waals surface area contributed by atoms with Crippen LogP contribution >= 0.6 is 23.2 Å². The van der Waals surface area contributed by atoms with E-state index in [1.807, 2.05) is 20.8 Å². The fourth-order valence-electron chi connectivity index (χ4n) is 3.84. The van der Waals surface area contributed by atoms with E-state index in [0.717, 1.165) is 31.7 Å². The fourth-order valence-corrected chi connectivity index (χ4v) is 4.14. The molecule has 0 unspecified atom stereocenters. The molecule has 0 atom stereocenters. The molecule has 12 heteroatoms. The van der Waals surface area contributed by atoms with Gasteiger partial charge in [-0.3, -0.25) is 0 Å². The van der Waals surface area contributed by atoms with Crippen molar-refractivity contribution in [3.8, 4) is 11.6 Å². The summed E-state index contributed by atoms with van der Waals surface area (Å²) in [6, 6.07) is 1.61. The maximum absolute atomic E-state index is 12.0. The van der Waals surface area contributed by atoms with E-state index in [1.54, 1.807) is 24.0 Å². The number of aryl methyl sites for hydroxylation is 1. The molecule has 0 spiro atoms. The van der Waals surface area contributed by atoms with Gasteiger partial charge in [0.2, 0.25) is 0 Å². The molecule has 0 radical (unpaired) electrons. The van der Waals surface area contributed by atoms with Crippen molar-refractivity contribution < 1.29 is 14.3 Å². The summed E-state index contributed by atoms with van der Waals surface area (Å²) < 4.78 is 12.8. The Bertz CT molecular complexity index is 1230. The molecule has 1 fully saturated rings. The van der Waals surface area contributed by atoms with E-state index in [0.29, 0.717) is 23.5 Å². The molecular formula is C23H29Cl2N7O3. The van der Waals surface area contributed by atoms with Gasteiger partial charge >= 0.3 is 6.09 Å². The van der Waals surface area contributed by atoms with E-state index < -0.39 is 5.60 Å². The molecule has 3 aromatic heterocycles. The third kappa shape index (κ3) is 5.87. The van der Waals surface area contributed by atoms with Crippen LogP contribution in [0.4, 0.5) is 10.6 Å². The number of carbonyl (C=O) groups is 1. The van der Waals surface area contributed by atoms with E-state index in [9.17, 15) is 4.79 Å². The maximum Gasteiger partial charge on any atom is 0.407 e. The lowest BCUT2D eigenvalue weighted by Gasteiger charge is -2.40. The van der Waals surface area contributed by atoms with Crippen molar-refractivity contribution in [2.45, 2.75) is 46.1 Å². The smallest absolute Gasteiger partial charge is 0.407 e. The SMILES string of the molecule is Cn1nc(Oc2ccnc(Cl)c2Cl)c2ncc(N3CCC(C)(CNC(=O)OC(C)(C)C)CC3)nc21. The van der Waals surface area contributed by atoms with Crippen LogP contribution in [-0.2, 0) is 11.8 Å². The Morgan fingerprint density at radius 1 is 1.23 bits per heavy atom. The van der Waals surface area contributed by atoms with Gasteiger partial charge < -0.3 is 19.7 Å². The average Bonchev–Trinajstić information content (AvgIpc) is 3.10. The number of ether oxygens (including phenoxy) is 2. The van der Waals surface area contributed by atoms with E-state index in [2.05, 4.69) is 32.2 Å². The fraction of sp³-hybridized carbons (Fsp3) is 0.522. The predicted octanol–water partition coefficient (Wildman–Crippen LogP) is 4.99. The van der Waals surface area contributed by atoms with Gasteiger partial charge in [0, 0.05) is 38.9 Å². The molecule has 0 bridgehead atoms. The number of nitrogens with zero attached hydrogens (tertiary/aromatic N) is 6. The highest BCUT2D eigenvalue weighted by molar-refractivity contribution is 6.42. The predicted molar refractivity (Wildman–Crippen MR) is 134 cm³/mol. The molecule has 188 valence electrons. The van der Waals surface area contributed by atoms with Crippen LogP contribution in [0.5, 0.6) is 11.6 Å². The van der Waals surface area contributed by atoms with Crippen LogP contribution in [0.25, 0.3) is 11.2 Å². The van der Waals surface area contributed by atoms with E-state index in [4.69, 9.17) is 37.7 Å². The molecular weight excluding hydrogens is 493 g/mol. The molecule has 1 aliphatic rings. The third-order valence-corrected chi connectivity index (χ3v) is 6.61. The van der Waals surface area contributed by atoms with Gasteiger partial charge in [-0.1, -0.05) is 30.1 Å². The van der Waals surface area contributed by atoms with Gasteiger partial charge in [0.15, 0.2) is 22.1 Å². The Balaban J connectivity index is 1.43. The number of anilines is 1. The highest BCUT2D eigenvalue weighted by atomic mass is 35.5. The Hall–Kier alpha value is -2.85. The molecule has 4 heterocycles. The van der Waals surface area contributed by atoms with Crippen LogP contribution in [0.3, 0.4) is 0 Å². The zero-order chi connectivity index (χ0) is 25.4. The molecule has 10 nitrogen and oxygen atoms in total. The number of hydrogen-bond acceptors (Lipinski definition) is 8. The first-order valence-corrected chi connectivity index (χ1v) is 12.1. The number of hydrogen-bond donors (Lipinski definition) is 1. The molecule has 1 N–H and O–H groups in total. The lowest BCUT2D eigenvalue weighted by molar-refractivity contribution is 0.0495. The van der Waals surface area contributed by atoms with Crippen LogP contribution in [0.15, 0.2) is 18.5 Å². The van der Waals surface area contributed by atoms with Crippen molar-refractivity contribution in [2.24, 2.45) is 12.5 Å². The van der Waals surface area contributed by atoms with Crippen molar-refractivity contribution >= 4 is 46.3 Å². The quantitative estimate of drug-likeness (QED) is 0.467. The number of aromatic nitrogens is 5. The minimum atomic E-state index is -0.514. The molecule has 0 saturated carbocycles. The first-order chi connectivity index (χ1) is 16.4. The van der Waals surface area contributed by atoms with Gasteiger partial charge in [-0.2, -0.15) is 0 Å². The number of halogens is 2. The van der Waals surface area contributed by atoms with Gasteiger partial charge in [-0.05, 0) is 39.0 Å². The minimum Gasteiger partial charge on any atom is -0.444 e. The van der Waals surface area contributed by atoms with Crippen molar-refractivity contribution in [3.05, 3.63) is 28.6 Å². The van der Waals surface area contributed by atoms with Crippen molar-refractivity contribution in [1.82, 2.24) is 30.0 Å². The third-order valence-electron chi connectivity index (χ3n) is 5.86. The molecule has 3 aromatic rings. The second-order valence-corrected chi connectivity index (χ2v) is 10.7. The number of pyridine rings is 1. The number of amides is 1.